The molecule has 2 atom stereocenters. The smallest absolute Gasteiger partial charge is 0.0823 e. The van der Waals surface area contributed by atoms with E-state index in [1.165, 1.54) is 19.3 Å². The maximum absolute atomic E-state index is 10.3. The Morgan fingerprint density at radius 1 is 1.33 bits per heavy atom. The Morgan fingerprint density at radius 2 is 2.06 bits per heavy atom. The lowest BCUT2D eigenvalue weighted by Gasteiger charge is -2.17. The van der Waals surface area contributed by atoms with Crippen LogP contribution in [0.4, 0.5) is 0 Å². The molecule has 0 bridgehead atoms. The molecule has 0 fully saturated rings. The minimum absolute atomic E-state index is 0.355. The van der Waals surface area contributed by atoms with Gasteiger partial charge in [0.2, 0.25) is 0 Å². The van der Waals surface area contributed by atoms with E-state index in [0.29, 0.717) is 12.0 Å². The van der Waals surface area contributed by atoms with E-state index in [4.69, 9.17) is 0 Å². The summed E-state index contributed by atoms with van der Waals surface area (Å²) >= 11 is 0. The van der Waals surface area contributed by atoms with Crippen molar-refractivity contribution in [2.75, 3.05) is 0 Å². The number of aromatic nitrogens is 2. The van der Waals surface area contributed by atoms with Crippen molar-refractivity contribution in [3.8, 4) is 0 Å². The molecule has 0 radical (unpaired) electrons. The molecule has 0 saturated carbocycles. The molecular formula is C15H28N2O. The molecule has 0 spiro atoms. The maximum atomic E-state index is 10.3. The second kappa shape index (κ2) is 7.57. The van der Waals surface area contributed by atoms with Gasteiger partial charge in [0.05, 0.1) is 12.3 Å². The fourth-order valence-electron chi connectivity index (χ4n) is 2.24. The van der Waals surface area contributed by atoms with E-state index in [9.17, 15) is 5.11 Å². The molecule has 0 aromatic carbocycles. The topological polar surface area (TPSA) is 38.1 Å². The quantitative estimate of drug-likeness (QED) is 0.756. The molecule has 3 nitrogen and oxygen atoms in total. The van der Waals surface area contributed by atoms with Gasteiger partial charge in [-0.1, -0.05) is 39.5 Å². The highest BCUT2D eigenvalue weighted by molar-refractivity contribution is 5.08. The molecule has 0 aliphatic heterocycles. The van der Waals surface area contributed by atoms with E-state index < -0.39 is 0 Å². The number of hydrogen-bond acceptors (Lipinski definition) is 2. The predicted octanol–water partition coefficient (Wildman–Crippen LogP) is 4.10. The van der Waals surface area contributed by atoms with Crippen LogP contribution in [0.3, 0.4) is 0 Å². The fourth-order valence-corrected chi connectivity index (χ4v) is 2.24. The highest BCUT2D eigenvalue weighted by Gasteiger charge is 2.16. The van der Waals surface area contributed by atoms with Crippen LogP contribution in [-0.2, 0) is 0 Å². The molecule has 18 heavy (non-hydrogen) atoms. The zero-order valence-electron chi connectivity index (χ0n) is 12.3. The molecule has 0 aliphatic rings. The predicted molar refractivity (Wildman–Crippen MR) is 75.5 cm³/mol. The molecule has 1 aromatic heterocycles. The molecule has 1 N–H and O–H groups in total. The Balaban J connectivity index is 2.54. The van der Waals surface area contributed by atoms with Gasteiger partial charge in [0, 0.05) is 17.8 Å². The van der Waals surface area contributed by atoms with Crippen LogP contribution >= 0.6 is 0 Å². The summed E-state index contributed by atoms with van der Waals surface area (Å²) in [7, 11) is 0. The zero-order valence-corrected chi connectivity index (χ0v) is 12.3. The fraction of sp³-hybridized carbons (Fsp3) is 0.800. The van der Waals surface area contributed by atoms with Crippen LogP contribution in [0.1, 0.15) is 77.5 Å². The van der Waals surface area contributed by atoms with Crippen molar-refractivity contribution in [2.24, 2.45) is 5.92 Å². The van der Waals surface area contributed by atoms with Crippen molar-refractivity contribution in [3.63, 3.8) is 0 Å². The van der Waals surface area contributed by atoms with Crippen LogP contribution in [0.5, 0.6) is 0 Å². The summed E-state index contributed by atoms with van der Waals surface area (Å²) in [5, 5.41) is 14.6. The second-order valence-corrected chi connectivity index (χ2v) is 5.52. The summed E-state index contributed by atoms with van der Waals surface area (Å²) in [6.07, 6.45) is 9.14. The maximum Gasteiger partial charge on any atom is 0.0823 e. The third kappa shape index (κ3) is 4.45. The molecule has 1 rings (SSSR count). The van der Waals surface area contributed by atoms with Gasteiger partial charge < -0.3 is 5.11 Å². The van der Waals surface area contributed by atoms with Gasteiger partial charge in [-0.15, -0.1) is 0 Å². The van der Waals surface area contributed by atoms with Crippen molar-refractivity contribution in [1.29, 1.82) is 0 Å². The first-order chi connectivity index (χ1) is 8.58. The van der Waals surface area contributed by atoms with Gasteiger partial charge in [0.25, 0.3) is 0 Å². The lowest BCUT2D eigenvalue weighted by molar-refractivity contribution is 0.139. The van der Waals surface area contributed by atoms with Crippen molar-refractivity contribution in [2.45, 2.75) is 71.9 Å². The van der Waals surface area contributed by atoms with Crippen LogP contribution in [-0.4, -0.2) is 14.9 Å². The third-order valence-electron chi connectivity index (χ3n) is 3.64. The molecule has 1 aromatic rings. The summed E-state index contributed by atoms with van der Waals surface area (Å²) in [5.41, 5.74) is 0.957. The monoisotopic (exact) mass is 252 g/mol. The minimum atomic E-state index is -0.362. The molecule has 2 unspecified atom stereocenters. The standard InChI is InChI=1S/C15H28N2O/c1-5-7-8-13(6-2)9-15(18)14-10-16-17(11-14)12(3)4/h10-13,15,18H,5-9H2,1-4H3. The van der Waals surface area contributed by atoms with Crippen molar-refractivity contribution < 1.29 is 5.11 Å². The highest BCUT2D eigenvalue weighted by atomic mass is 16.3. The Hall–Kier alpha value is -0.830. The van der Waals surface area contributed by atoms with Gasteiger partial charge in [-0.05, 0) is 26.2 Å². The summed E-state index contributed by atoms with van der Waals surface area (Å²) in [6, 6.07) is 0.355. The van der Waals surface area contributed by atoms with E-state index >= 15 is 0 Å². The summed E-state index contributed by atoms with van der Waals surface area (Å²) in [5.74, 6) is 0.627. The molecule has 1 heterocycles. The zero-order chi connectivity index (χ0) is 13.5. The SMILES string of the molecule is CCCCC(CC)CC(O)c1cnn(C(C)C)c1. The van der Waals surface area contributed by atoms with E-state index in [1.54, 1.807) is 6.20 Å². The summed E-state index contributed by atoms with van der Waals surface area (Å²) in [4.78, 5) is 0. The molecule has 0 aliphatic carbocycles. The lowest BCUT2D eigenvalue weighted by atomic mass is 9.91. The molecule has 104 valence electrons. The average Bonchev–Trinajstić information content (AvgIpc) is 2.83. The lowest BCUT2D eigenvalue weighted by Crippen LogP contribution is -2.07. The van der Waals surface area contributed by atoms with E-state index in [-0.39, 0.29) is 6.10 Å². The molecular weight excluding hydrogens is 224 g/mol. The number of rotatable bonds is 8. The minimum Gasteiger partial charge on any atom is -0.388 e. The van der Waals surface area contributed by atoms with Crippen molar-refractivity contribution in [3.05, 3.63) is 18.0 Å². The van der Waals surface area contributed by atoms with Gasteiger partial charge in [0.1, 0.15) is 0 Å². The first-order valence-electron chi connectivity index (χ1n) is 7.30. The van der Waals surface area contributed by atoms with Gasteiger partial charge in [-0.25, -0.2) is 0 Å². The Labute approximate surface area is 111 Å². The number of nitrogens with zero attached hydrogens (tertiary/aromatic N) is 2. The van der Waals surface area contributed by atoms with Gasteiger partial charge in [-0.2, -0.15) is 5.10 Å². The first kappa shape index (κ1) is 15.2. The number of aliphatic hydroxyl groups excluding tert-OH is 1. The Kier molecular flexibility index (Phi) is 6.41. The summed E-state index contributed by atoms with van der Waals surface area (Å²) < 4.78 is 1.91. The third-order valence-corrected chi connectivity index (χ3v) is 3.64. The van der Waals surface area contributed by atoms with Crippen LogP contribution in [0.15, 0.2) is 12.4 Å². The molecule has 3 heteroatoms. The van der Waals surface area contributed by atoms with E-state index in [1.807, 2.05) is 10.9 Å². The first-order valence-corrected chi connectivity index (χ1v) is 7.30. The van der Waals surface area contributed by atoms with Crippen LogP contribution < -0.4 is 0 Å². The average molecular weight is 252 g/mol. The number of aliphatic hydroxyl groups is 1. The van der Waals surface area contributed by atoms with Gasteiger partial charge in [0.15, 0.2) is 0 Å². The largest absolute Gasteiger partial charge is 0.388 e. The Bertz CT molecular complexity index is 333. The number of unbranched alkanes of at least 4 members (excludes halogenated alkanes) is 1. The molecule has 0 amide bonds. The van der Waals surface area contributed by atoms with Crippen LogP contribution in [0.2, 0.25) is 0 Å². The van der Waals surface area contributed by atoms with E-state index in [0.717, 1.165) is 18.4 Å². The second-order valence-electron chi connectivity index (χ2n) is 5.52. The Morgan fingerprint density at radius 3 is 2.56 bits per heavy atom. The van der Waals surface area contributed by atoms with Crippen LogP contribution in [0, 0.1) is 5.92 Å². The van der Waals surface area contributed by atoms with Crippen LogP contribution in [0.25, 0.3) is 0 Å². The van der Waals surface area contributed by atoms with Crippen molar-refractivity contribution >= 4 is 0 Å². The number of hydrogen-bond donors (Lipinski definition) is 1. The van der Waals surface area contributed by atoms with Crippen molar-refractivity contribution in [1.82, 2.24) is 9.78 Å². The van der Waals surface area contributed by atoms with Gasteiger partial charge in [-0.3, -0.25) is 4.68 Å². The molecule has 0 saturated heterocycles. The highest BCUT2D eigenvalue weighted by Crippen LogP contribution is 2.26. The normalized spacial score (nSPS) is 15.0. The summed E-state index contributed by atoms with van der Waals surface area (Å²) in [6.45, 7) is 8.62. The van der Waals surface area contributed by atoms with E-state index in [2.05, 4.69) is 32.8 Å². The van der Waals surface area contributed by atoms with Gasteiger partial charge >= 0.3 is 0 Å².